The van der Waals surface area contributed by atoms with Crippen LogP contribution in [0.2, 0.25) is 0 Å². The monoisotopic (exact) mass is 208 g/mol. The zero-order chi connectivity index (χ0) is 10.9. The van der Waals surface area contributed by atoms with Crippen molar-refractivity contribution < 1.29 is 38.2 Å². The molecule has 0 aromatic carbocycles. The van der Waals surface area contributed by atoms with Gasteiger partial charge in [0.1, 0.15) is 0 Å². The standard InChI is InChI=1S/C10H17O4.Li/c1-12-10(13-2,14-3)8-6-4-5-7-9-11;/h4,6,8-9H2,1-3H3;/q-1;+1. The van der Waals surface area contributed by atoms with Crippen LogP contribution in [-0.4, -0.2) is 33.9 Å². The fraction of sp³-hybridized carbons (Fsp3) is 0.800. The smallest absolute Gasteiger partial charge is 0.845 e. The van der Waals surface area contributed by atoms with Crippen molar-refractivity contribution in [1.29, 1.82) is 0 Å². The summed E-state index contributed by atoms with van der Waals surface area (Å²) >= 11 is 0. The quantitative estimate of drug-likeness (QED) is 0.204. The maximum atomic E-state index is 10.0. The van der Waals surface area contributed by atoms with Crippen molar-refractivity contribution >= 4 is 0 Å². The van der Waals surface area contributed by atoms with E-state index in [9.17, 15) is 5.11 Å². The van der Waals surface area contributed by atoms with Crippen molar-refractivity contribution in [2.45, 2.75) is 25.2 Å². The minimum absolute atomic E-state index is 0. The van der Waals surface area contributed by atoms with Crippen LogP contribution in [0.25, 0.3) is 0 Å². The third-order valence-electron chi connectivity index (χ3n) is 1.91. The molecule has 0 aliphatic heterocycles. The molecule has 0 unspecified atom stereocenters. The van der Waals surface area contributed by atoms with Crippen LogP contribution in [0.15, 0.2) is 0 Å². The van der Waals surface area contributed by atoms with Crippen LogP contribution in [0.3, 0.4) is 0 Å². The molecular weight excluding hydrogens is 191 g/mol. The van der Waals surface area contributed by atoms with E-state index in [2.05, 4.69) is 11.8 Å². The van der Waals surface area contributed by atoms with Gasteiger partial charge in [-0.1, -0.05) is 6.61 Å². The summed E-state index contributed by atoms with van der Waals surface area (Å²) in [5, 5.41) is 10.0. The number of methoxy groups -OCH3 is 3. The van der Waals surface area contributed by atoms with Crippen LogP contribution >= 0.6 is 0 Å². The second-order valence-electron chi connectivity index (χ2n) is 2.65. The van der Waals surface area contributed by atoms with Gasteiger partial charge in [0.05, 0.1) is 0 Å². The maximum Gasteiger partial charge on any atom is 1.00 e. The molecule has 0 heterocycles. The van der Waals surface area contributed by atoms with Crippen molar-refractivity contribution in [3.63, 3.8) is 0 Å². The molecule has 5 heteroatoms. The number of rotatable bonds is 6. The average Bonchev–Trinajstić information content (AvgIpc) is 2.24. The van der Waals surface area contributed by atoms with E-state index >= 15 is 0 Å². The van der Waals surface area contributed by atoms with Gasteiger partial charge in [0.25, 0.3) is 5.97 Å². The zero-order valence-electron chi connectivity index (χ0n) is 9.96. The Bertz CT molecular complexity index is 185. The van der Waals surface area contributed by atoms with E-state index < -0.39 is 5.97 Å². The molecule has 0 saturated heterocycles. The van der Waals surface area contributed by atoms with E-state index in [4.69, 9.17) is 14.2 Å². The first-order chi connectivity index (χ1) is 6.74. The summed E-state index contributed by atoms with van der Waals surface area (Å²) in [5.74, 6) is 4.24. The predicted octanol–water partition coefficient (Wildman–Crippen LogP) is -2.88. The van der Waals surface area contributed by atoms with E-state index in [1.807, 2.05) is 0 Å². The summed E-state index contributed by atoms with van der Waals surface area (Å²) in [6.45, 7) is -0.343. The van der Waals surface area contributed by atoms with Crippen molar-refractivity contribution in [1.82, 2.24) is 0 Å². The van der Waals surface area contributed by atoms with E-state index in [0.717, 1.165) is 6.42 Å². The van der Waals surface area contributed by atoms with E-state index in [0.29, 0.717) is 12.8 Å². The van der Waals surface area contributed by atoms with E-state index in [1.54, 1.807) is 0 Å². The molecule has 0 bridgehead atoms. The Morgan fingerprint density at radius 1 is 1.07 bits per heavy atom. The maximum absolute atomic E-state index is 10.0. The number of ether oxygens (including phenoxy) is 3. The fourth-order valence-corrected chi connectivity index (χ4v) is 1.09. The van der Waals surface area contributed by atoms with Gasteiger partial charge in [-0.25, -0.2) is 0 Å². The molecule has 0 N–H and O–H groups in total. The van der Waals surface area contributed by atoms with Gasteiger partial charge in [-0.2, -0.15) is 0 Å². The molecule has 0 fully saturated rings. The minimum Gasteiger partial charge on any atom is -0.845 e. The molecule has 0 atom stereocenters. The van der Waals surface area contributed by atoms with Gasteiger partial charge in [-0.15, -0.1) is 11.8 Å². The molecule has 0 spiro atoms. The van der Waals surface area contributed by atoms with Gasteiger partial charge in [-0.3, -0.25) is 0 Å². The SMILES string of the molecule is COC(CCCC#CC[O-])(OC)OC.[Li+]. The van der Waals surface area contributed by atoms with Crippen LogP contribution in [0.1, 0.15) is 19.3 Å². The van der Waals surface area contributed by atoms with Gasteiger partial charge in [-0.05, 0) is 6.42 Å². The predicted molar refractivity (Wildman–Crippen MR) is 50.3 cm³/mol. The first-order valence-electron chi connectivity index (χ1n) is 4.44. The molecule has 0 aromatic rings. The van der Waals surface area contributed by atoms with Gasteiger partial charge >= 0.3 is 18.9 Å². The topological polar surface area (TPSA) is 50.8 Å². The Morgan fingerprint density at radius 2 is 1.60 bits per heavy atom. The third kappa shape index (κ3) is 6.97. The second-order valence-corrected chi connectivity index (χ2v) is 2.65. The molecule has 0 aromatic heterocycles. The Labute approximate surface area is 103 Å². The Hall–Kier alpha value is -0.00260. The molecule has 0 saturated carbocycles. The average molecular weight is 208 g/mol. The number of hydrogen-bond donors (Lipinski definition) is 0. The summed E-state index contributed by atoms with van der Waals surface area (Å²) in [6, 6.07) is 0. The van der Waals surface area contributed by atoms with E-state index in [1.165, 1.54) is 21.3 Å². The Morgan fingerprint density at radius 3 is 2.00 bits per heavy atom. The van der Waals surface area contributed by atoms with Gasteiger partial charge < -0.3 is 19.3 Å². The van der Waals surface area contributed by atoms with Crippen LogP contribution < -0.4 is 24.0 Å². The summed E-state index contributed by atoms with van der Waals surface area (Å²) in [5.41, 5.74) is 0. The van der Waals surface area contributed by atoms with Gasteiger partial charge in [0.2, 0.25) is 0 Å². The number of hydrogen-bond acceptors (Lipinski definition) is 4. The molecule has 82 valence electrons. The largest absolute Gasteiger partial charge is 1.00 e. The summed E-state index contributed by atoms with van der Waals surface area (Å²) in [6.07, 6.45) is 2.01. The first-order valence-corrected chi connectivity index (χ1v) is 4.44. The molecule has 4 nitrogen and oxygen atoms in total. The number of unbranched alkanes of at least 4 members (excludes halogenated alkanes) is 1. The molecule has 0 aliphatic rings. The molecule has 0 radical (unpaired) electrons. The summed E-state index contributed by atoms with van der Waals surface area (Å²) in [4.78, 5) is 0. The minimum atomic E-state index is -0.973. The third-order valence-corrected chi connectivity index (χ3v) is 1.91. The van der Waals surface area contributed by atoms with Crippen LogP contribution in [0.5, 0.6) is 0 Å². The zero-order valence-corrected chi connectivity index (χ0v) is 9.96. The van der Waals surface area contributed by atoms with Crippen molar-refractivity contribution in [3.05, 3.63) is 0 Å². The van der Waals surface area contributed by atoms with E-state index in [-0.39, 0.29) is 25.5 Å². The van der Waals surface area contributed by atoms with Crippen LogP contribution in [0.4, 0.5) is 0 Å². The Kier molecular flexibility index (Phi) is 12.2. The first kappa shape index (κ1) is 17.4. The van der Waals surface area contributed by atoms with Gasteiger partial charge in [0, 0.05) is 34.2 Å². The van der Waals surface area contributed by atoms with Crippen LogP contribution in [0, 0.1) is 11.8 Å². The van der Waals surface area contributed by atoms with Gasteiger partial charge in [0.15, 0.2) is 0 Å². The fourth-order valence-electron chi connectivity index (χ4n) is 1.09. The molecule has 0 rings (SSSR count). The Balaban J connectivity index is 0. The van der Waals surface area contributed by atoms with Crippen molar-refractivity contribution in [2.75, 3.05) is 27.9 Å². The van der Waals surface area contributed by atoms with Crippen LogP contribution in [-0.2, 0) is 14.2 Å². The summed E-state index contributed by atoms with van der Waals surface area (Å²) < 4.78 is 15.3. The van der Waals surface area contributed by atoms with Crippen molar-refractivity contribution in [2.24, 2.45) is 0 Å². The molecule has 0 aliphatic carbocycles. The molecular formula is C10H17LiO4. The van der Waals surface area contributed by atoms with Crippen molar-refractivity contribution in [3.8, 4) is 11.8 Å². The molecule has 0 amide bonds. The molecule has 15 heavy (non-hydrogen) atoms. The normalized spacial score (nSPS) is 10.1. The summed E-state index contributed by atoms with van der Waals surface area (Å²) in [7, 11) is 4.57. The second kappa shape index (κ2) is 10.5.